The molecular weight excluding hydrogens is 234 g/mol. The van der Waals surface area contributed by atoms with Crippen LogP contribution in [0.1, 0.15) is 16.1 Å². The van der Waals surface area contributed by atoms with E-state index < -0.39 is 0 Å². The highest BCUT2D eigenvalue weighted by molar-refractivity contribution is 7.80. The molecule has 1 nitrogen and oxygen atoms in total. The summed E-state index contributed by atoms with van der Waals surface area (Å²) in [6.07, 6.45) is 0.957. The predicted molar refractivity (Wildman–Crippen MR) is 74.6 cm³/mol. The first-order chi connectivity index (χ1) is 7.70. The lowest BCUT2D eigenvalue weighted by Crippen LogP contribution is -1.86. The number of rotatable bonds is 3. The summed E-state index contributed by atoms with van der Waals surface area (Å²) in [6, 6.07) is 6.50. The first kappa shape index (κ1) is 11.7. The van der Waals surface area contributed by atoms with Gasteiger partial charge < -0.3 is 0 Å². The summed E-state index contributed by atoms with van der Waals surface area (Å²) in [6.45, 7) is 4.27. The molecule has 0 saturated heterocycles. The first-order valence-electron chi connectivity index (χ1n) is 5.33. The van der Waals surface area contributed by atoms with E-state index in [2.05, 4.69) is 55.0 Å². The summed E-state index contributed by atoms with van der Waals surface area (Å²) in [5, 5.41) is 3.30. The number of benzene rings is 1. The number of thiazole rings is 1. The molecule has 84 valence electrons. The maximum atomic E-state index is 4.61. The van der Waals surface area contributed by atoms with Crippen LogP contribution in [-0.2, 0) is 6.42 Å². The van der Waals surface area contributed by atoms with Gasteiger partial charge in [-0.15, -0.1) is 11.3 Å². The quantitative estimate of drug-likeness (QED) is 0.814. The van der Waals surface area contributed by atoms with Crippen LogP contribution in [0.15, 0.2) is 23.6 Å². The van der Waals surface area contributed by atoms with E-state index in [4.69, 9.17) is 0 Å². The Morgan fingerprint density at radius 3 is 2.75 bits per heavy atom. The van der Waals surface area contributed by atoms with Crippen molar-refractivity contribution < 1.29 is 0 Å². The van der Waals surface area contributed by atoms with Gasteiger partial charge in [-0.2, -0.15) is 12.6 Å². The third-order valence-corrected chi connectivity index (χ3v) is 3.81. The molecule has 0 aliphatic rings. The summed E-state index contributed by atoms with van der Waals surface area (Å²) in [5.41, 5.74) is 4.95. The van der Waals surface area contributed by atoms with Crippen molar-refractivity contribution in [2.75, 3.05) is 5.75 Å². The zero-order chi connectivity index (χ0) is 11.5. The molecule has 0 spiro atoms. The topological polar surface area (TPSA) is 12.9 Å². The van der Waals surface area contributed by atoms with E-state index in [-0.39, 0.29) is 0 Å². The van der Waals surface area contributed by atoms with Gasteiger partial charge in [-0.05, 0) is 36.8 Å². The van der Waals surface area contributed by atoms with E-state index in [1.54, 1.807) is 11.3 Å². The molecular formula is C13H15NS2. The van der Waals surface area contributed by atoms with Crippen molar-refractivity contribution in [2.24, 2.45) is 0 Å². The maximum absolute atomic E-state index is 4.61. The van der Waals surface area contributed by atoms with Crippen molar-refractivity contribution in [3.8, 4) is 11.3 Å². The predicted octanol–water partition coefficient (Wildman–Crippen LogP) is 3.90. The van der Waals surface area contributed by atoms with Gasteiger partial charge in [0.1, 0.15) is 0 Å². The molecule has 0 radical (unpaired) electrons. The van der Waals surface area contributed by atoms with Crippen LogP contribution in [0, 0.1) is 13.8 Å². The lowest BCUT2D eigenvalue weighted by atomic mass is 10.1. The van der Waals surface area contributed by atoms with Crippen molar-refractivity contribution >= 4 is 24.0 Å². The van der Waals surface area contributed by atoms with Gasteiger partial charge in [-0.25, -0.2) is 4.98 Å². The van der Waals surface area contributed by atoms with Crippen molar-refractivity contribution in [2.45, 2.75) is 20.3 Å². The zero-order valence-electron chi connectivity index (χ0n) is 9.53. The van der Waals surface area contributed by atoms with Crippen LogP contribution in [0.4, 0.5) is 0 Å². The smallest absolute Gasteiger partial charge is 0.0940 e. The lowest BCUT2D eigenvalue weighted by Gasteiger charge is -2.02. The minimum atomic E-state index is 0.861. The van der Waals surface area contributed by atoms with Gasteiger partial charge in [0, 0.05) is 17.4 Å². The minimum absolute atomic E-state index is 0.861. The molecule has 0 aliphatic carbocycles. The molecule has 0 saturated carbocycles. The Bertz CT molecular complexity index is 488. The highest BCUT2D eigenvalue weighted by Crippen LogP contribution is 2.24. The van der Waals surface area contributed by atoms with Crippen molar-refractivity contribution in [3.63, 3.8) is 0 Å². The molecule has 2 rings (SSSR count). The van der Waals surface area contributed by atoms with Crippen LogP contribution in [-0.4, -0.2) is 10.7 Å². The summed E-state index contributed by atoms with van der Waals surface area (Å²) in [4.78, 5) is 4.61. The summed E-state index contributed by atoms with van der Waals surface area (Å²) < 4.78 is 0. The Labute approximate surface area is 106 Å². The Morgan fingerprint density at radius 2 is 2.06 bits per heavy atom. The van der Waals surface area contributed by atoms with Gasteiger partial charge in [-0.1, -0.05) is 12.1 Å². The van der Waals surface area contributed by atoms with Gasteiger partial charge in [-0.3, -0.25) is 0 Å². The second-order valence-corrected chi connectivity index (χ2v) is 5.29. The van der Waals surface area contributed by atoms with E-state index in [1.807, 2.05) is 0 Å². The van der Waals surface area contributed by atoms with E-state index in [9.17, 15) is 0 Å². The fraction of sp³-hybridized carbons (Fsp3) is 0.308. The Kier molecular flexibility index (Phi) is 3.66. The maximum Gasteiger partial charge on any atom is 0.0940 e. The largest absolute Gasteiger partial charge is 0.241 e. The van der Waals surface area contributed by atoms with Gasteiger partial charge >= 0.3 is 0 Å². The van der Waals surface area contributed by atoms with Crippen LogP contribution in [0.2, 0.25) is 0 Å². The minimum Gasteiger partial charge on any atom is -0.241 e. The van der Waals surface area contributed by atoms with Crippen LogP contribution in [0.25, 0.3) is 11.3 Å². The normalized spacial score (nSPS) is 10.7. The lowest BCUT2D eigenvalue weighted by molar-refractivity contribution is 1.11. The number of hydrogen-bond donors (Lipinski definition) is 1. The van der Waals surface area contributed by atoms with Gasteiger partial charge in [0.15, 0.2) is 0 Å². The SMILES string of the molecule is Cc1ccc(-c2csc(CCS)n2)cc1C. The highest BCUT2D eigenvalue weighted by atomic mass is 32.1. The van der Waals surface area contributed by atoms with Crippen molar-refractivity contribution in [1.82, 2.24) is 4.98 Å². The molecule has 0 amide bonds. The highest BCUT2D eigenvalue weighted by Gasteiger charge is 2.04. The molecule has 0 atom stereocenters. The molecule has 16 heavy (non-hydrogen) atoms. The second-order valence-electron chi connectivity index (χ2n) is 3.90. The molecule has 0 N–H and O–H groups in total. The van der Waals surface area contributed by atoms with E-state index in [0.29, 0.717) is 0 Å². The molecule has 1 heterocycles. The fourth-order valence-electron chi connectivity index (χ4n) is 1.55. The Balaban J connectivity index is 2.31. The van der Waals surface area contributed by atoms with Crippen LogP contribution >= 0.6 is 24.0 Å². The van der Waals surface area contributed by atoms with E-state index in [0.717, 1.165) is 17.9 Å². The summed E-state index contributed by atoms with van der Waals surface area (Å²) in [7, 11) is 0. The van der Waals surface area contributed by atoms with Crippen molar-refractivity contribution in [1.29, 1.82) is 0 Å². The second kappa shape index (κ2) is 5.02. The Morgan fingerprint density at radius 1 is 1.25 bits per heavy atom. The summed E-state index contributed by atoms with van der Waals surface area (Å²) >= 11 is 5.94. The monoisotopic (exact) mass is 249 g/mol. The van der Waals surface area contributed by atoms with E-state index in [1.165, 1.54) is 21.7 Å². The molecule has 0 fully saturated rings. The average molecular weight is 249 g/mol. The number of hydrogen-bond acceptors (Lipinski definition) is 3. The van der Waals surface area contributed by atoms with Gasteiger partial charge in [0.25, 0.3) is 0 Å². The van der Waals surface area contributed by atoms with Crippen molar-refractivity contribution in [3.05, 3.63) is 39.7 Å². The van der Waals surface area contributed by atoms with Gasteiger partial charge in [0.05, 0.1) is 10.7 Å². The number of nitrogens with zero attached hydrogens (tertiary/aromatic N) is 1. The standard InChI is InChI=1S/C13H15NS2/c1-9-3-4-11(7-10(9)2)12-8-16-13(14-12)5-6-15/h3-4,7-8,15H,5-6H2,1-2H3. The zero-order valence-corrected chi connectivity index (χ0v) is 11.2. The first-order valence-corrected chi connectivity index (χ1v) is 6.85. The average Bonchev–Trinajstić information content (AvgIpc) is 2.71. The number of aryl methyl sites for hydroxylation is 3. The van der Waals surface area contributed by atoms with Crippen LogP contribution < -0.4 is 0 Å². The molecule has 0 bridgehead atoms. The third kappa shape index (κ3) is 2.47. The van der Waals surface area contributed by atoms with E-state index >= 15 is 0 Å². The molecule has 1 aromatic carbocycles. The number of aromatic nitrogens is 1. The molecule has 0 aliphatic heterocycles. The molecule has 2 aromatic rings. The van der Waals surface area contributed by atoms with Crippen LogP contribution in [0.5, 0.6) is 0 Å². The third-order valence-electron chi connectivity index (χ3n) is 2.68. The molecule has 1 aromatic heterocycles. The molecule has 0 unspecified atom stereocenters. The Hall–Kier alpha value is -0.800. The summed E-state index contributed by atoms with van der Waals surface area (Å²) in [5.74, 6) is 0.861. The molecule has 3 heteroatoms. The van der Waals surface area contributed by atoms with Crippen LogP contribution in [0.3, 0.4) is 0 Å². The van der Waals surface area contributed by atoms with Gasteiger partial charge in [0.2, 0.25) is 0 Å². The fourth-order valence-corrected chi connectivity index (χ4v) is 2.73. The number of thiol groups is 1.